The van der Waals surface area contributed by atoms with Crippen LogP contribution in [0.15, 0.2) is 34.6 Å². The maximum absolute atomic E-state index is 13.3. The monoisotopic (exact) mass is 489 g/mol. The molecule has 9 heteroatoms. The maximum atomic E-state index is 13.3. The number of anilines is 2. The van der Waals surface area contributed by atoms with Gasteiger partial charge < -0.3 is 10.6 Å². The van der Waals surface area contributed by atoms with Crippen LogP contribution in [0.2, 0.25) is 0 Å². The van der Waals surface area contributed by atoms with Gasteiger partial charge in [0.25, 0.3) is 5.56 Å². The Balaban J connectivity index is 1.42. The Morgan fingerprint density at radius 3 is 2.69 bits per heavy atom. The van der Waals surface area contributed by atoms with Gasteiger partial charge in [-0.1, -0.05) is 26.8 Å². The van der Waals surface area contributed by atoms with E-state index >= 15 is 0 Å². The molecular formula is C26H31N7OS. The van der Waals surface area contributed by atoms with E-state index < -0.39 is 0 Å². The summed E-state index contributed by atoms with van der Waals surface area (Å²) in [5, 5.41) is 10.2. The molecule has 1 saturated carbocycles. The maximum Gasteiger partial charge on any atom is 0.278 e. The first-order valence-corrected chi connectivity index (χ1v) is 13.1. The number of nitrogens with zero attached hydrogens (tertiary/aromatic N) is 5. The number of nitrogens with one attached hydrogen (secondary N) is 2. The Morgan fingerprint density at radius 1 is 1.20 bits per heavy atom. The molecule has 1 spiro atoms. The van der Waals surface area contributed by atoms with Crippen molar-refractivity contribution in [3.63, 3.8) is 0 Å². The molecule has 1 aliphatic heterocycles. The second-order valence-electron chi connectivity index (χ2n) is 11.1. The van der Waals surface area contributed by atoms with Gasteiger partial charge in [0.15, 0.2) is 5.65 Å². The summed E-state index contributed by atoms with van der Waals surface area (Å²) in [4.78, 5) is 27.4. The Bertz CT molecular complexity index is 1500. The fourth-order valence-corrected chi connectivity index (χ4v) is 6.06. The fourth-order valence-electron chi connectivity index (χ4n) is 5.01. The van der Waals surface area contributed by atoms with Crippen LogP contribution in [0.1, 0.15) is 70.3 Å². The molecule has 0 unspecified atom stereocenters. The van der Waals surface area contributed by atoms with Crippen LogP contribution in [0.3, 0.4) is 0 Å². The fraction of sp³-hybridized carbons (Fsp3) is 0.462. The number of benzene rings is 1. The highest BCUT2D eigenvalue weighted by molar-refractivity contribution is 7.12. The van der Waals surface area contributed by atoms with Crippen molar-refractivity contribution in [2.24, 2.45) is 0 Å². The highest BCUT2D eigenvalue weighted by Crippen LogP contribution is 2.50. The van der Waals surface area contributed by atoms with E-state index in [-0.39, 0.29) is 17.0 Å². The molecule has 0 amide bonds. The van der Waals surface area contributed by atoms with Crippen molar-refractivity contribution in [3.05, 3.63) is 57.0 Å². The smallest absolute Gasteiger partial charge is 0.278 e. The van der Waals surface area contributed by atoms with Gasteiger partial charge >= 0.3 is 0 Å². The van der Waals surface area contributed by atoms with Gasteiger partial charge in [-0.25, -0.2) is 19.3 Å². The third-order valence-corrected chi connectivity index (χ3v) is 7.94. The standard InChI is InChI=1S/C26H31N7OS/c1-15(2)32-22(34)18-12-28-23(31-21(18)33(32)24-30-20(13-35-24)25(3,4)5)29-17-6-7-19-16(10-17)11-27-14-26(19)8-9-26/h6-7,10,12-13,15,27H,8-9,11,14H2,1-5H3,(H,28,29,31). The first-order valence-electron chi connectivity index (χ1n) is 12.2. The summed E-state index contributed by atoms with van der Waals surface area (Å²) in [7, 11) is 0. The van der Waals surface area contributed by atoms with Gasteiger partial charge in [0.05, 0.1) is 5.69 Å². The van der Waals surface area contributed by atoms with E-state index in [0.717, 1.165) is 29.6 Å². The molecule has 182 valence electrons. The summed E-state index contributed by atoms with van der Waals surface area (Å²) < 4.78 is 3.57. The molecule has 0 atom stereocenters. The first kappa shape index (κ1) is 22.4. The van der Waals surface area contributed by atoms with E-state index in [1.807, 2.05) is 18.5 Å². The molecule has 3 aromatic heterocycles. The highest BCUT2D eigenvalue weighted by atomic mass is 32.1. The molecule has 4 heterocycles. The van der Waals surface area contributed by atoms with Crippen LogP contribution in [-0.2, 0) is 17.4 Å². The summed E-state index contributed by atoms with van der Waals surface area (Å²) in [6.07, 6.45) is 4.15. The SMILES string of the molecule is CC(C)n1c(=O)c2cnc(Nc3ccc4c(c3)CNCC43CC3)nc2n1-c1nc(C(C)(C)C)cs1. The molecule has 2 aliphatic rings. The normalized spacial score (nSPS) is 16.7. The van der Waals surface area contributed by atoms with Crippen molar-refractivity contribution in [2.45, 2.75) is 70.9 Å². The highest BCUT2D eigenvalue weighted by Gasteiger charge is 2.46. The third-order valence-electron chi connectivity index (χ3n) is 7.12. The third kappa shape index (κ3) is 3.68. The molecule has 35 heavy (non-hydrogen) atoms. The Morgan fingerprint density at radius 2 is 2.00 bits per heavy atom. The van der Waals surface area contributed by atoms with E-state index in [1.54, 1.807) is 10.9 Å². The lowest BCUT2D eigenvalue weighted by Gasteiger charge is -2.26. The zero-order valence-electron chi connectivity index (χ0n) is 20.8. The summed E-state index contributed by atoms with van der Waals surface area (Å²) >= 11 is 1.52. The number of fused-ring (bicyclic) bond motifs is 3. The minimum atomic E-state index is -0.108. The van der Waals surface area contributed by atoms with Crippen LogP contribution in [0.5, 0.6) is 0 Å². The van der Waals surface area contributed by atoms with E-state index in [1.165, 1.54) is 35.3 Å². The summed E-state index contributed by atoms with van der Waals surface area (Å²) in [6, 6.07) is 6.50. The van der Waals surface area contributed by atoms with Crippen molar-refractivity contribution in [3.8, 4) is 5.13 Å². The van der Waals surface area contributed by atoms with Crippen LogP contribution in [0, 0.1) is 0 Å². The number of aromatic nitrogens is 5. The molecule has 1 aliphatic carbocycles. The van der Waals surface area contributed by atoms with Crippen LogP contribution in [0.25, 0.3) is 16.2 Å². The Hall–Kier alpha value is -3.04. The molecule has 1 aromatic carbocycles. The van der Waals surface area contributed by atoms with Gasteiger partial charge in [-0.05, 0) is 49.9 Å². The zero-order valence-corrected chi connectivity index (χ0v) is 21.7. The average molecular weight is 490 g/mol. The molecule has 0 bridgehead atoms. The molecule has 8 nitrogen and oxygen atoms in total. The summed E-state index contributed by atoms with van der Waals surface area (Å²) in [6.45, 7) is 12.4. The van der Waals surface area contributed by atoms with Crippen molar-refractivity contribution >= 4 is 34.0 Å². The van der Waals surface area contributed by atoms with Crippen molar-refractivity contribution in [1.29, 1.82) is 0 Å². The summed E-state index contributed by atoms with van der Waals surface area (Å²) in [5.74, 6) is 0.463. The van der Waals surface area contributed by atoms with Crippen LogP contribution >= 0.6 is 11.3 Å². The molecule has 0 saturated heterocycles. The zero-order chi connectivity index (χ0) is 24.5. The van der Waals surface area contributed by atoms with Crippen molar-refractivity contribution in [1.82, 2.24) is 29.6 Å². The largest absolute Gasteiger partial charge is 0.324 e. The topological polar surface area (TPSA) is 89.7 Å². The number of hydrogen-bond acceptors (Lipinski definition) is 7. The minimum Gasteiger partial charge on any atom is -0.324 e. The van der Waals surface area contributed by atoms with Gasteiger partial charge in [0.1, 0.15) is 5.39 Å². The predicted octanol–water partition coefficient (Wildman–Crippen LogP) is 4.80. The van der Waals surface area contributed by atoms with Crippen molar-refractivity contribution in [2.75, 3.05) is 11.9 Å². The lowest BCUT2D eigenvalue weighted by atomic mass is 9.88. The van der Waals surface area contributed by atoms with E-state index in [4.69, 9.17) is 9.97 Å². The van der Waals surface area contributed by atoms with Gasteiger partial charge in [-0.2, -0.15) is 4.98 Å². The lowest BCUT2D eigenvalue weighted by Crippen LogP contribution is -2.33. The van der Waals surface area contributed by atoms with Gasteiger partial charge in [-0.3, -0.25) is 4.79 Å². The number of rotatable bonds is 4. The second kappa shape index (κ2) is 7.73. The summed E-state index contributed by atoms with van der Waals surface area (Å²) in [5.41, 5.74) is 5.46. The lowest BCUT2D eigenvalue weighted by molar-refractivity contribution is 0.473. The van der Waals surface area contributed by atoms with E-state index in [0.29, 0.717) is 22.4 Å². The van der Waals surface area contributed by atoms with Gasteiger partial charge in [-0.15, -0.1) is 11.3 Å². The van der Waals surface area contributed by atoms with Gasteiger partial charge in [0, 0.05) is 47.2 Å². The Labute approximate surface area is 208 Å². The minimum absolute atomic E-state index is 0.0574. The van der Waals surface area contributed by atoms with Crippen molar-refractivity contribution < 1.29 is 0 Å². The van der Waals surface area contributed by atoms with Crippen LogP contribution < -0.4 is 16.2 Å². The molecule has 1 fully saturated rings. The molecule has 2 N–H and O–H groups in total. The number of thiazole rings is 1. The van der Waals surface area contributed by atoms with Crippen LogP contribution in [-0.4, -0.2) is 30.9 Å². The molecule has 0 radical (unpaired) electrons. The Kier molecular flexibility index (Phi) is 4.95. The number of hydrogen-bond donors (Lipinski definition) is 2. The first-order chi connectivity index (χ1) is 16.7. The average Bonchev–Trinajstić information content (AvgIpc) is 3.26. The second-order valence-corrected chi connectivity index (χ2v) is 12.0. The molecule has 4 aromatic rings. The van der Waals surface area contributed by atoms with Gasteiger partial charge in [0.2, 0.25) is 11.1 Å². The molecular weight excluding hydrogens is 458 g/mol. The van der Waals surface area contributed by atoms with E-state index in [2.05, 4.69) is 60.0 Å². The quantitative estimate of drug-likeness (QED) is 0.428. The molecule has 6 rings (SSSR count). The van der Waals surface area contributed by atoms with E-state index in [9.17, 15) is 4.79 Å². The predicted molar refractivity (Wildman–Crippen MR) is 140 cm³/mol. The van der Waals surface area contributed by atoms with Crippen LogP contribution in [0.4, 0.5) is 11.6 Å².